The molecule has 0 bridgehead atoms. The molecule has 0 N–H and O–H groups in total. The summed E-state index contributed by atoms with van der Waals surface area (Å²) in [4.78, 5) is 10.5. The Bertz CT molecular complexity index is 239. The largest absolute Gasteiger partial charge is 0.193 e. The molecule has 2 fully saturated rings. The molecule has 4 heteroatoms. The molecule has 0 radical (unpaired) electrons. The van der Waals surface area contributed by atoms with Gasteiger partial charge in [0.25, 0.3) is 0 Å². The van der Waals surface area contributed by atoms with Crippen molar-refractivity contribution < 1.29 is 19.9 Å². The molecule has 1 aliphatic heterocycles. The Balaban J connectivity index is 2.31. The molecule has 0 unspecified atom stereocenters. The summed E-state index contributed by atoms with van der Waals surface area (Å²) >= 11 is 0. The van der Waals surface area contributed by atoms with Crippen molar-refractivity contribution in [2.75, 3.05) is 0 Å². The molecule has 2 aliphatic rings. The smallest absolute Gasteiger partial charge is 0.174 e. The van der Waals surface area contributed by atoms with Crippen LogP contribution in [0, 0.1) is 0 Å². The Labute approximate surface area is 89.2 Å². The lowest BCUT2D eigenvalue weighted by atomic mass is 9.72. The Hall–Kier alpha value is -0.680. The predicted octanol–water partition coefficient (Wildman–Crippen LogP) is 2.63. The fourth-order valence-electron chi connectivity index (χ4n) is 2.41. The molecule has 1 heterocycles. The van der Waals surface area contributed by atoms with E-state index in [0.717, 1.165) is 25.7 Å². The highest BCUT2D eigenvalue weighted by Gasteiger charge is 2.56. The zero-order valence-electron chi connectivity index (χ0n) is 8.74. The minimum absolute atomic E-state index is 0.535. The third-order valence-corrected chi connectivity index (χ3v) is 3.37. The molecular weight excluding hydrogens is 196 g/mol. The molecule has 0 aromatic heterocycles. The van der Waals surface area contributed by atoms with E-state index in [0.29, 0.717) is 0 Å². The molecule has 1 aliphatic carbocycles. The molecule has 0 amide bonds. The van der Waals surface area contributed by atoms with E-state index in [2.05, 4.69) is 23.2 Å². The van der Waals surface area contributed by atoms with Crippen LogP contribution in [-0.2, 0) is 19.9 Å². The zero-order valence-corrected chi connectivity index (χ0v) is 8.74. The molecule has 0 aromatic rings. The summed E-state index contributed by atoms with van der Waals surface area (Å²) in [5.41, 5.74) is -1.35. The first-order valence-electron chi connectivity index (χ1n) is 5.26. The van der Waals surface area contributed by atoms with Crippen LogP contribution in [0.1, 0.15) is 32.1 Å². The predicted molar refractivity (Wildman–Crippen MR) is 53.3 cm³/mol. The average Bonchev–Trinajstić information content (AvgIpc) is 2.31. The lowest BCUT2D eigenvalue weighted by Crippen LogP contribution is -2.58. The Kier molecular flexibility index (Phi) is 2.93. The molecule has 4 nitrogen and oxygen atoms in total. The maximum atomic E-state index is 5.31. The van der Waals surface area contributed by atoms with Gasteiger partial charge < -0.3 is 0 Å². The van der Waals surface area contributed by atoms with Crippen molar-refractivity contribution in [1.29, 1.82) is 0 Å². The van der Waals surface area contributed by atoms with Gasteiger partial charge in [-0.05, 0) is 35.1 Å². The highest BCUT2D eigenvalue weighted by molar-refractivity contribution is 5.21. The SMILES string of the molecule is C=CC1(C=C)OOOOC12CCCCC2. The molecule has 1 spiro atoms. The fourth-order valence-corrected chi connectivity index (χ4v) is 2.41. The van der Waals surface area contributed by atoms with Crippen LogP contribution in [0.5, 0.6) is 0 Å². The maximum absolute atomic E-state index is 5.31. The van der Waals surface area contributed by atoms with Gasteiger partial charge in [0.1, 0.15) is 5.60 Å². The standard InChI is InChI=1S/C11H16O4/c1-3-10(4-2)11(13-15-14-12-10)8-6-5-7-9-11/h3-4H,1-2,5-9H2. The minimum atomic E-state index is -0.814. The van der Waals surface area contributed by atoms with Crippen LogP contribution in [0.4, 0.5) is 0 Å². The summed E-state index contributed by atoms with van der Waals surface area (Å²) in [6, 6.07) is 0. The van der Waals surface area contributed by atoms with Crippen LogP contribution >= 0.6 is 0 Å². The number of hydrogen-bond donors (Lipinski definition) is 0. The van der Waals surface area contributed by atoms with Crippen LogP contribution in [0.25, 0.3) is 0 Å². The maximum Gasteiger partial charge on any atom is 0.174 e. The van der Waals surface area contributed by atoms with Crippen LogP contribution in [0.3, 0.4) is 0 Å². The van der Waals surface area contributed by atoms with Crippen molar-refractivity contribution in [3.63, 3.8) is 0 Å². The molecule has 2 rings (SSSR count). The van der Waals surface area contributed by atoms with Crippen molar-refractivity contribution in [3.8, 4) is 0 Å². The van der Waals surface area contributed by atoms with E-state index in [1.807, 2.05) is 0 Å². The second kappa shape index (κ2) is 4.06. The average molecular weight is 212 g/mol. The quantitative estimate of drug-likeness (QED) is 0.521. The van der Waals surface area contributed by atoms with Gasteiger partial charge in [-0.25, -0.2) is 0 Å². The van der Waals surface area contributed by atoms with E-state index in [-0.39, 0.29) is 0 Å². The van der Waals surface area contributed by atoms with Crippen molar-refractivity contribution in [3.05, 3.63) is 25.3 Å². The van der Waals surface area contributed by atoms with Gasteiger partial charge in [0.05, 0.1) is 0 Å². The third kappa shape index (κ3) is 1.54. The summed E-state index contributed by atoms with van der Waals surface area (Å²) in [5, 5.41) is 8.93. The molecule has 1 saturated heterocycles. The number of hydrogen-bond acceptors (Lipinski definition) is 4. The summed E-state index contributed by atoms with van der Waals surface area (Å²) in [5.74, 6) is 0. The van der Waals surface area contributed by atoms with E-state index < -0.39 is 11.2 Å². The Morgan fingerprint density at radius 1 is 0.867 bits per heavy atom. The van der Waals surface area contributed by atoms with Crippen LogP contribution in [-0.4, -0.2) is 11.2 Å². The van der Waals surface area contributed by atoms with E-state index in [4.69, 9.17) is 9.78 Å². The second-order valence-corrected chi connectivity index (χ2v) is 4.06. The van der Waals surface area contributed by atoms with Crippen molar-refractivity contribution in [2.45, 2.75) is 43.3 Å². The lowest BCUT2D eigenvalue weighted by molar-refractivity contribution is -0.711. The van der Waals surface area contributed by atoms with Crippen LogP contribution < -0.4 is 0 Å². The molecule has 0 aromatic carbocycles. The minimum Gasteiger partial charge on any atom is -0.193 e. The first-order chi connectivity index (χ1) is 7.29. The molecular formula is C11H16O4. The molecule has 15 heavy (non-hydrogen) atoms. The van der Waals surface area contributed by atoms with Gasteiger partial charge in [-0.3, -0.25) is 0 Å². The number of rotatable bonds is 2. The van der Waals surface area contributed by atoms with Crippen molar-refractivity contribution >= 4 is 0 Å². The van der Waals surface area contributed by atoms with E-state index in [9.17, 15) is 0 Å². The summed E-state index contributed by atoms with van der Waals surface area (Å²) in [6.45, 7) is 7.53. The Morgan fingerprint density at radius 2 is 1.47 bits per heavy atom. The third-order valence-electron chi connectivity index (χ3n) is 3.37. The highest BCUT2D eigenvalue weighted by Crippen LogP contribution is 2.46. The Morgan fingerprint density at radius 3 is 2.07 bits per heavy atom. The van der Waals surface area contributed by atoms with Crippen molar-refractivity contribution in [1.82, 2.24) is 0 Å². The molecule has 1 saturated carbocycles. The first-order valence-corrected chi connectivity index (χ1v) is 5.26. The van der Waals surface area contributed by atoms with Crippen LogP contribution in [0.15, 0.2) is 25.3 Å². The van der Waals surface area contributed by atoms with Gasteiger partial charge in [0.2, 0.25) is 0 Å². The first kappa shape index (κ1) is 10.8. The van der Waals surface area contributed by atoms with Crippen molar-refractivity contribution in [2.24, 2.45) is 0 Å². The van der Waals surface area contributed by atoms with Gasteiger partial charge >= 0.3 is 0 Å². The summed E-state index contributed by atoms with van der Waals surface area (Å²) in [6.07, 6.45) is 8.40. The van der Waals surface area contributed by atoms with Crippen LogP contribution in [0.2, 0.25) is 0 Å². The highest BCUT2D eigenvalue weighted by atomic mass is 17.7. The lowest BCUT2D eigenvalue weighted by Gasteiger charge is -2.47. The molecule has 0 atom stereocenters. The summed E-state index contributed by atoms with van der Waals surface area (Å²) in [7, 11) is 0. The summed E-state index contributed by atoms with van der Waals surface area (Å²) < 4.78 is 0. The molecule has 84 valence electrons. The van der Waals surface area contributed by atoms with Gasteiger partial charge in [0.15, 0.2) is 5.60 Å². The second-order valence-electron chi connectivity index (χ2n) is 4.06. The monoisotopic (exact) mass is 212 g/mol. The van der Waals surface area contributed by atoms with E-state index >= 15 is 0 Å². The van der Waals surface area contributed by atoms with Gasteiger partial charge in [-0.2, -0.15) is 9.78 Å². The van der Waals surface area contributed by atoms with E-state index in [1.165, 1.54) is 6.42 Å². The topological polar surface area (TPSA) is 36.9 Å². The zero-order chi connectivity index (χ0) is 10.8. The fraction of sp³-hybridized carbons (Fsp3) is 0.636. The van der Waals surface area contributed by atoms with Gasteiger partial charge in [0, 0.05) is 0 Å². The van der Waals surface area contributed by atoms with Gasteiger partial charge in [-0.1, -0.05) is 32.4 Å². The van der Waals surface area contributed by atoms with E-state index in [1.54, 1.807) is 12.2 Å². The normalized spacial score (nSPS) is 28.5. The van der Waals surface area contributed by atoms with Gasteiger partial charge in [-0.15, -0.1) is 0 Å².